The molecule has 2 unspecified atom stereocenters. The van der Waals surface area contributed by atoms with Gasteiger partial charge in [0.05, 0.1) is 0 Å². The lowest BCUT2D eigenvalue weighted by Gasteiger charge is -2.41. The summed E-state index contributed by atoms with van der Waals surface area (Å²) in [5.74, 6) is 3.16. The largest absolute Gasteiger partial charge is 0.0622 e. The van der Waals surface area contributed by atoms with Crippen molar-refractivity contribution in [3.05, 3.63) is 0 Å². The highest BCUT2D eigenvalue weighted by molar-refractivity contribution is 4.98. The van der Waals surface area contributed by atoms with Crippen LogP contribution in [0.3, 0.4) is 0 Å². The van der Waals surface area contributed by atoms with E-state index in [1.807, 2.05) is 0 Å². The van der Waals surface area contributed by atoms with Crippen molar-refractivity contribution in [2.75, 3.05) is 0 Å². The van der Waals surface area contributed by atoms with Gasteiger partial charge in [0.1, 0.15) is 0 Å². The summed E-state index contributed by atoms with van der Waals surface area (Å²) in [5.41, 5.74) is 0.678. The molecule has 0 aromatic heterocycles. The third-order valence-electron chi connectivity index (χ3n) is 4.22. The van der Waals surface area contributed by atoms with E-state index in [1.54, 1.807) is 0 Å². The second-order valence-electron chi connectivity index (χ2n) is 5.27. The fraction of sp³-hybridized carbons (Fsp3) is 1.00. The van der Waals surface area contributed by atoms with Crippen LogP contribution in [-0.4, -0.2) is 0 Å². The first-order valence-electron chi connectivity index (χ1n) is 5.12. The average molecular weight is 152 g/mol. The van der Waals surface area contributed by atoms with Crippen LogP contribution in [0.1, 0.15) is 46.5 Å². The molecule has 0 amide bonds. The quantitative estimate of drug-likeness (QED) is 0.568. The van der Waals surface area contributed by atoms with E-state index in [1.165, 1.54) is 25.7 Å². The minimum absolute atomic E-state index is 0.678. The van der Waals surface area contributed by atoms with Gasteiger partial charge >= 0.3 is 0 Å². The Kier molecular flexibility index (Phi) is 1.56. The summed E-state index contributed by atoms with van der Waals surface area (Å²) in [4.78, 5) is 0. The summed E-state index contributed by atoms with van der Waals surface area (Å²) >= 11 is 0. The molecule has 2 fully saturated rings. The molecule has 0 aromatic carbocycles. The summed E-state index contributed by atoms with van der Waals surface area (Å²) in [6.07, 6.45) is 6.02. The Balaban J connectivity index is 1.97. The molecule has 2 aliphatic carbocycles. The van der Waals surface area contributed by atoms with Crippen molar-refractivity contribution in [2.24, 2.45) is 23.2 Å². The Morgan fingerprint density at radius 3 is 2.00 bits per heavy atom. The van der Waals surface area contributed by atoms with E-state index in [0.717, 1.165) is 17.8 Å². The molecule has 0 N–H and O–H groups in total. The Labute approximate surface area is 70.4 Å². The number of hydrogen-bond donors (Lipinski definition) is 0. The summed E-state index contributed by atoms with van der Waals surface area (Å²) in [7, 11) is 0. The van der Waals surface area contributed by atoms with Gasteiger partial charge in [-0.3, -0.25) is 0 Å². The zero-order valence-corrected chi connectivity index (χ0v) is 8.06. The predicted molar refractivity (Wildman–Crippen MR) is 48.4 cm³/mol. The fourth-order valence-corrected chi connectivity index (χ4v) is 2.81. The molecule has 0 heteroatoms. The van der Waals surface area contributed by atoms with E-state index in [2.05, 4.69) is 20.8 Å². The highest BCUT2D eigenvalue weighted by atomic mass is 14.5. The van der Waals surface area contributed by atoms with Crippen LogP contribution < -0.4 is 0 Å². The molecule has 2 saturated carbocycles. The van der Waals surface area contributed by atoms with Gasteiger partial charge in [-0.05, 0) is 42.4 Å². The van der Waals surface area contributed by atoms with E-state index in [-0.39, 0.29) is 0 Å². The van der Waals surface area contributed by atoms with E-state index in [4.69, 9.17) is 0 Å². The Bertz CT molecular complexity index is 147. The number of hydrogen-bond acceptors (Lipinski definition) is 0. The first-order valence-corrected chi connectivity index (χ1v) is 5.12. The van der Waals surface area contributed by atoms with Crippen molar-refractivity contribution in [3.8, 4) is 0 Å². The predicted octanol–water partition coefficient (Wildman–Crippen LogP) is 3.47. The van der Waals surface area contributed by atoms with E-state index < -0.39 is 0 Å². The molecule has 0 heterocycles. The maximum atomic E-state index is 2.49. The summed E-state index contributed by atoms with van der Waals surface area (Å²) < 4.78 is 0. The lowest BCUT2D eigenvalue weighted by Crippen LogP contribution is -2.32. The second kappa shape index (κ2) is 2.24. The zero-order chi connectivity index (χ0) is 8.06. The van der Waals surface area contributed by atoms with Crippen molar-refractivity contribution in [3.63, 3.8) is 0 Å². The van der Waals surface area contributed by atoms with Crippen molar-refractivity contribution >= 4 is 0 Å². The van der Waals surface area contributed by atoms with Gasteiger partial charge in [-0.2, -0.15) is 0 Å². The van der Waals surface area contributed by atoms with Crippen molar-refractivity contribution < 1.29 is 0 Å². The molecule has 0 radical (unpaired) electrons. The Morgan fingerprint density at radius 2 is 1.73 bits per heavy atom. The van der Waals surface area contributed by atoms with Crippen LogP contribution >= 0.6 is 0 Å². The summed E-state index contributed by atoms with van der Waals surface area (Å²) in [5, 5.41) is 0. The minimum atomic E-state index is 0.678. The molecule has 0 spiro atoms. The summed E-state index contributed by atoms with van der Waals surface area (Å²) in [6, 6.07) is 0. The molecular weight excluding hydrogens is 132 g/mol. The average Bonchev–Trinajstić information content (AvgIpc) is 2.39. The maximum absolute atomic E-state index is 2.49. The first kappa shape index (κ1) is 7.64. The number of rotatable bonds is 2. The van der Waals surface area contributed by atoms with Crippen LogP contribution in [0.2, 0.25) is 0 Å². The highest BCUT2D eigenvalue weighted by Crippen LogP contribution is 2.58. The highest BCUT2D eigenvalue weighted by Gasteiger charge is 2.49. The lowest BCUT2D eigenvalue weighted by atomic mass is 9.64. The standard InChI is InChI=1S/C11H20/c1-8-7-10(8)11(2,3)9-5-4-6-9/h8-10H,4-7H2,1-3H3. The van der Waals surface area contributed by atoms with Gasteiger partial charge in [0.2, 0.25) is 0 Å². The van der Waals surface area contributed by atoms with Crippen molar-refractivity contribution in [2.45, 2.75) is 46.5 Å². The zero-order valence-electron chi connectivity index (χ0n) is 8.06. The SMILES string of the molecule is CC1CC1C(C)(C)C1CCC1. The van der Waals surface area contributed by atoms with E-state index >= 15 is 0 Å². The van der Waals surface area contributed by atoms with Gasteiger partial charge in [-0.25, -0.2) is 0 Å². The third kappa shape index (κ3) is 1.11. The molecular formula is C11H20. The fourth-order valence-electron chi connectivity index (χ4n) is 2.81. The van der Waals surface area contributed by atoms with Gasteiger partial charge in [0.25, 0.3) is 0 Å². The van der Waals surface area contributed by atoms with Gasteiger partial charge in [0.15, 0.2) is 0 Å². The molecule has 11 heavy (non-hydrogen) atoms. The topological polar surface area (TPSA) is 0 Å². The second-order valence-corrected chi connectivity index (χ2v) is 5.27. The summed E-state index contributed by atoms with van der Waals surface area (Å²) in [6.45, 7) is 7.39. The molecule has 2 rings (SSSR count). The van der Waals surface area contributed by atoms with Crippen LogP contribution in [0.5, 0.6) is 0 Å². The smallest absolute Gasteiger partial charge is 0.0295 e. The van der Waals surface area contributed by atoms with E-state index in [9.17, 15) is 0 Å². The molecule has 2 atom stereocenters. The monoisotopic (exact) mass is 152 g/mol. The van der Waals surface area contributed by atoms with Crippen LogP contribution in [0, 0.1) is 23.2 Å². The molecule has 0 aliphatic heterocycles. The van der Waals surface area contributed by atoms with Crippen LogP contribution in [0.25, 0.3) is 0 Å². The molecule has 0 bridgehead atoms. The van der Waals surface area contributed by atoms with Gasteiger partial charge in [0, 0.05) is 0 Å². The van der Waals surface area contributed by atoms with Gasteiger partial charge < -0.3 is 0 Å². The van der Waals surface area contributed by atoms with Crippen LogP contribution in [-0.2, 0) is 0 Å². The molecule has 0 nitrogen and oxygen atoms in total. The van der Waals surface area contributed by atoms with Gasteiger partial charge in [-0.15, -0.1) is 0 Å². The van der Waals surface area contributed by atoms with Crippen molar-refractivity contribution in [1.29, 1.82) is 0 Å². The Hall–Kier alpha value is 0. The van der Waals surface area contributed by atoms with Crippen LogP contribution in [0.4, 0.5) is 0 Å². The van der Waals surface area contributed by atoms with E-state index in [0.29, 0.717) is 5.41 Å². The normalized spacial score (nSPS) is 38.5. The molecule has 2 aliphatic rings. The first-order chi connectivity index (χ1) is 5.12. The maximum Gasteiger partial charge on any atom is -0.0295 e. The molecule has 0 aromatic rings. The third-order valence-corrected chi connectivity index (χ3v) is 4.22. The molecule has 64 valence electrons. The minimum Gasteiger partial charge on any atom is -0.0622 e. The molecule has 0 saturated heterocycles. The van der Waals surface area contributed by atoms with Gasteiger partial charge in [-0.1, -0.05) is 27.2 Å². The van der Waals surface area contributed by atoms with Crippen molar-refractivity contribution in [1.82, 2.24) is 0 Å². The Morgan fingerprint density at radius 1 is 1.18 bits per heavy atom. The lowest BCUT2D eigenvalue weighted by molar-refractivity contribution is 0.0917. The van der Waals surface area contributed by atoms with Crippen LogP contribution in [0.15, 0.2) is 0 Å².